The van der Waals surface area contributed by atoms with Crippen LogP contribution in [-0.2, 0) is 9.53 Å². The standard InChI is InChI=1S/C9H13NO2.Na.H/c1-8(11)12-9(7-10)5-3-2-4-6-9;;/h2-6H2,1H3;;. The summed E-state index contributed by atoms with van der Waals surface area (Å²) in [7, 11) is 0. The van der Waals surface area contributed by atoms with Crippen LogP contribution in [0.25, 0.3) is 0 Å². The van der Waals surface area contributed by atoms with E-state index in [-0.39, 0.29) is 35.5 Å². The summed E-state index contributed by atoms with van der Waals surface area (Å²) >= 11 is 0. The van der Waals surface area contributed by atoms with Crippen molar-refractivity contribution in [3.63, 3.8) is 0 Å². The van der Waals surface area contributed by atoms with Gasteiger partial charge in [-0.25, -0.2) is 0 Å². The molecule has 0 aromatic carbocycles. The topological polar surface area (TPSA) is 50.1 Å². The second kappa shape index (κ2) is 5.64. The quantitative estimate of drug-likeness (QED) is 0.461. The van der Waals surface area contributed by atoms with Crippen LogP contribution in [-0.4, -0.2) is 41.1 Å². The molecule has 0 aliphatic heterocycles. The van der Waals surface area contributed by atoms with Crippen molar-refractivity contribution in [1.29, 1.82) is 5.26 Å². The van der Waals surface area contributed by atoms with E-state index >= 15 is 0 Å². The van der Waals surface area contributed by atoms with Gasteiger partial charge in [-0.1, -0.05) is 6.42 Å². The number of nitrogens with zero attached hydrogens (tertiary/aromatic N) is 1. The molecule has 0 bridgehead atoms. The first-order valence-electron chi connectivity index (χ1n) is 4.29. The predicted molar refractivity (Wildman–Crippen MR) is 50.3 cm³/mol. The molecule has 3 nitrogen and oxygen atoms in total. The first-order valence-corrected chi connectivity index (χ1v) is 4.29. The van der Waals surface area contributed by atoms with Gasteiger partial charge in [-0.3, -0.25) is 4.79 Å². The van der Waals surface area contributed by atoms with Crippen molar-refractivity contribution >= 4 is 35.5 Å². The van der Waals surface area contributed by atoms with Gasteiger partial charge >= 0.3 is 35.5 Å². The number of carbonyl (C=O) groups is 1. The molecule has 1 aliphatic carbocycles. The first-order chi connectivity index (χ1) is 5.68. The first kappa shape index (κ1) is 13.0. The monoisotopic (exact) mass is 191 g/mol. The van der Waals surface area contributed by atoms with Crippen LogP contribution < -0.4 is 0 Å². The molecule has 4 heteroatoms. The van der Waals surface area contributed by atoms with Crippen molar-refractivity contribution in [2.24, 2.45) is 0 Å². The summed E-state index contributed by atoms with van der Waals surface area (Å²) in [6, 6.07) is 2.11. The number of nitriles is 1. The third-order valence-electron chi connectivity index (χ3n) is 2.20. The summed E-state index contributed by atoms with van der Waals surface area (Å²) in [6.07, 6.45) is 4.51. The van der Waals surface area contributed by atoms with E-state index in [0.717, 1.165) is 19.3 Å². The third kappa shape index (κ3) is 3.68. The molecule has 0 unspecified atom stereocenters. The molecule has 0 spiro atoms. The predicted octanol–water partition coefficient (Wildman–Crippen LogP) is 1.13. The molecular weight excluding hydrogens is 177 g/mol. The van der Waals surface area contributed by atoms with Gasteiger partial charge < -0.3 is 4.74 Å². The average Bonchev–Trinajstić information content (AvgIpc) is 2.05. The molecule has 68 valence electrons. The number of carbonyl (C=O) groups excluding carboxylic acids is 1. The van der Waals surface area contributed by atoms with Crippen molar-refractivity contribution in [3.05, 3.63) is 0 Å². The molecule has 0 aromatic heterocycles. The van der Waals surface area contributed by atoms with Gasteiger partial charge in [0, 0.05) is 19.8 Å². The number of ether oxygens (including phenoxy) is 1. The van der Waals surface area contributed by atoms with Crippen molar-refractivity contribution in [1.82, 2.24) is 0 Å². The van der Waals surface area contributed by atoms with Gasteiger partial charge in [-0.05, 0) is 12.8 Å². The van der Waals surface area contributed by atoms with E-state index in [1.807, 2.05) is 0 Å². The van der Waals surface area contributed by atoms with E-state index in [0.29, 0.717) is 12.8 Å². The fourth-order valence-corrected chi connectivity index (χ4v) is 1.63. The Labute approximate surface area is 101 Å². The number of rotatable bonds is 1. The van der Waals surface area contributed by atoms with Crippen LogP contribution in [0.2, 0.25) is 0 Å². The Bertz CT molecular complexity index is 216. The van der Waals surface area contributed by atoms with E-state index in [1.54, 1.807) is 0 Å². The molecule has 1 rings (SSSR count). The Balaban J connectivity index is 0.00000144. The normalized spacial score (nSPS) is 19.4. The van der Waals surface area contributed by atoms with Crippen LogP contribution >= 0.6 is 0 Å². The molecule has 0 saturated heterocycles. The van der Waals surface area contributed by atoms with Crippen LogP contribution in [0.15, 0.2) is 0 Å². The molecule has 1 saturated carbocycles. The Morgan fingerprint density at radius 1 is 1.38 bits per heavy atom. The molecule has 0 radical (unpaired) electrons. The zero-order valence-electron chi connectivity index (χ0n) is 7.30. The second-order valence-corrected chi connectivity index (χ2v) is 3.26. The number of hydrogen-bond acceptors (Lipinski definition) is 3. The fourth-order valence-electron chi connectivity index (χ4n) is 1.63. The molecule has 0 heterocycles. The van der Waals surface area contributed by atoms with E-state index < -0.39 is 5.60 Å². The molecule has 0 aromatic rings. The fraction of sp³-hybridized carbons (Fsp3) is 0.778. The van der Waals surface area contributed by atoms with E-state index in [2.05, 4.69) is 6.07 Å². The molecule has 13 heavy (non-hydrogen) atoms. The maximum absolute atomic E-state index is 10.7. The van der Waals surface area contributed by atoms with E-state index in [9.17, 15) is 4.79 Å². The number of esters is 1. The van der Waals surface area contributed by atoms with Gasteiger partial charge in [0.15, 0.2) is 5.60 Å². The summed E-state index contributed by atoms with van der Waals surface area (Å²) in [6.45, 7) is 1.35. The second-order valence-electron chi connectivity index (χ2n) is 3.26. The minimum atomic E-state index is -0.802. The molecule has 0 N–H and O–H groups in total. The van der Waals surface area contributed by atoms with E-state index in [4.69, 9.17) is 10.00 Å². The van der Waals surface area contributed by atoms with Crippen molar-refractivity contribution in [3.8, 4) is 6.07 Å². The Hall–Kier alpha value is -0.0400. The molecule has 1 fully saturated rings. The van der Waals surface area contributed by atoms with Gasteiger partial charge in [0.25, 0.3) is 0 Å². The van der Waals surface area contributed by atoms with Gasteiger partial charge in [0.2, 0.25) is 0 Å². The SMILES string of the molecule is CC(=O)OC1(C#N)CCCCC1.[NaH]. The zero-order valence-corrected chi connectivity index (χ0v) is 7.30. The third-order valence-corrected chi connectivity index (χ3v) is 2.20. The van der Waals surface area contributed by atoms with Crippen LogP contribution in [0.5, 0.6) is 0 Å². The van der Waals surface area contributed by atoms with E-state index in [1.165, 1.54) is 6.92 Å². The summed E-state index contributed by atoms with van der Waals surface area (Å²) in [4.78, 5) is 10.7. The Morgan fingerprint density at radius 2 is 1.92 bits per heavy atom. The van der Waals surface area contributed by atoms with Crippen molar-refractivity contribution in [2.45, 2.75) is 44.6 Å². The molecule has 0 amide bonds. The minimum absolute atomic E-state index is 0. The van der Waals surface area contributed by atoms with Crippen LogP contribution in [0.1, 0.15) is 39.0 Å². The maximum atomic E-state index is 10.7. The Kier molecular flexibility index (Phi) is 5.62. The molecular formula is C9H14NNaO2. The average molecular weight is 191 g/mol. The van der Waals surface area contributed by atoms with Crippen LogP contribution in [0.3, 0.4) is 0 Å². The summed E-state index contributed by atoms with van der Waals surface area (Å²) in [5, 5.41) is 8.86. The van der Waals surface area contributed by atoms with Crippen LogP contribution in [0.4, 0.5) is 0 Å². The van der Waals surface area contributed by atoms with Crippen molar-refractivity contribution in [2.75, 3.05) is 0 Å². The zero-order chi connectivity index (χ0) is 9.03. The van der Waals surface area contributed by atoms with Gasteiger partial charge in [-0.2, -0.15) is 5.26 Å². The van der Waals surface area contributed by atoms with Crippen LogP contribution in [0, 0.1) is 11.3 Å². The summed E-state index contributed by atoms with van der Waals surface area (Å²) in [5.41, 5.74) is -0.802. The van der Waals surface area contributed by atoms with Crippen molar-refractivity contribution < 1.29 is 9.53 Å². The van der Waals surface area contributed by atoms with Gasteiger partial charge in [0.1, 0.15) is 6.07 Å². The Morgan fingerprint density at radius 3 is 2.31 bits per heavy atom. The summed E-state index contributed by atoms with van der Waals surface area (Å²) in [5.74, 6) is -0.349. The van der Waals surface area contributed by atoms with Gasteiger partial charge in [0.05, 0.1) is 0 Å². The molecule has 0 atom stereocenters. The number of hydrogen-bond donors (Lipinski definition) is 0. The van der Waals surface area contributed by atoms with Gasteiger partial charge in [-0.15, -0.1) is 0 Å². The summed E-state index contributed by atoms with van der Waals surface area (Å²) < 4.78 is 5.03. The molecule has 1 aliphatic rings.